The molecule has 1 aromatic carbocycles. The topological polar surface area (TPSA) is 12.0 Å². The zero-order valence-electron chi connectivity index (χ0n) is 8.85. The second-order valence-electron chi connectivity index (χ2n) is 4.22. The SMILES string of the molecule is FC(F)(F)c1ccccc1CC1CCNC1. The molecule has 88 valence electrons. The van der Waals surface area contributed by atoms with Crippen molar-refractivity contribution in [2.45, 2.75) is 19.0 Å². The quantitative estimate of drug-likeness (QED) is 0.822. The summed E-state index contributed by atoms with van der Waals surface area (Å²) >= 11 is 0. The molecule has 1 unspecified atom stereocenters. The van der Waals surface area contributed by atoms with Gasteiger partial charge in [0.05, 0.1) is 5.56 Å². The molecular formula is C12H14F3N. The van der Waals surface area contributed by atoms with Crippen LogP contribution in [0, 0.1) is 5.92 Å². The van der Waals surface area contributed by atoms with Crippen molar-refractivity contribution in [3.63, 3.8) is 0 Å². The van der Waals surface area contributed by atoms with Crippen LogP contribution in [-0.2, 0) is 12.6 Å². The van der Waals surface area contributed by atoms with Crippen LogP contribution in [0.5, 0.6) is 0 Å². The summed E-state index contributed by atoms with van der Waals surface area (Å²) in [5, 5.41) is 3.17. The molecule has 1 nitrogen and oxygen atoms in total. The summed E-state index contributed by atoms with van der Waals surface area (Å²) in [6.45, 7) is 1.74. The van der Waals surface area contributed by atoms with Crippen molar-refractivity contribution in [3.8, 4) is 0 Å². The molecule has 0 bridgehead atoms. The number of benzene rings is 1. The summed E-state index contributed by atoms with van der Waals surface area (Å²) in [6, 6.07) is 5.87. The van der Waals surface area contributed by atoms with Crippen LogP contribution in [0.4, 0.5) is 13.2 Å². The zero-order valence-corrected chi connectivity index (χ0v) is 8.85. The van der Waals surface area contributed by atoms with E-state index in [0.717, 1.165) is 25.6 Å². The van der Waals surface area contributed by atoms with Gasteiger partial charge in [-0.2, -0.15) is 13.2 Å². The van der Waals surface area contributed by atoms with E-state index < -0.39 is 11.7 Å². The third-order valence-electron chi connectivity index (χ3n) is 2.99. The van der Waals surface area contributed by atoms with Crippen LogP contribution in [0.1, 0.15) is 17.5 Å². The first-order chi connectivity index (χ1) is 7.57. The Bertz CT molecular complexity index is 354. The molecule has 0 spiro atoms. The molecule has 1 aliphatic rings. The minimum Gasteiger partial charge on any atom is -0.316 e. The van der Waals surface area contributed by atoms with E-state index in [1.165, 1.54) is 6.07 Å². The Kier molecular flexibility index (Phi) is 3.19. The van der Waals surface area contributed by atoms with E-state index >= 15 is 0 Å². The fourth-order valence-electron chi connectivity index (χ4n) is 2.17. The highest BCUT2D eigenvalue weighted by Gasteiger charge is 2.33. The molecule has 1 fully saturated rings. The smallest absolute Gasteiger partial charge is 0.316 e. The largest absolute Gasteiger partial charge is 0.416 e. The average Bonchev–Trinajstić information content (AvgIpc) is 2.70. The molecule has 0 amide bonds. The lowest BCUT2D eigenvalue weighted by Crippen LogP contribution is -2.14. The zero-order chi connectivity index (χ0) is 11.6. The number of rotatable bonds is 2. The molecule has 1 aliphatic heterocycles. The first-order valence-electron chi connectivity index (χ1n) is 5.43. The number of alkyl halides is 3. The van der Waals surface area contributed by atoms with E-state index in [4.69, 9.17) is 0 Å². The molecule has 0 radical (unpaired) electrons. The summed E-state index contributed by atoms with van der Waals surface area (Å²) in [5.41, 5.74) is -0.0643. The monoisotopic (exact) mass is 229 g/mol. The fraction of sp³-hybridized carbons (Fsp3) is 0.500. The van der Waals surface area contributed by atoms with Gasteiger partial charge in [0.15, 0.2) is 0 Å². The van der Waals surface area contributed by atoms with Gasteiger partial charge in [-0.05, 0) is 43.5 Å². The van der Waals surface area contributed by atoms with Gasteiger partial charge in [0.25, 0.3) is 0 Å². The van der Waals surface area contributed by atoms with Crippen LogP contribution in [0.3, 0.4) is 0 Å². The maximum absolute atomic E-state index is 12.7. The normalized spacial score (nSPS) is 21.3. The average molecular weight is 229 g/mol. The van der Waals surface area contributed by atoms with Gasteiger partial charge in [0, 0.05) is 0 Å². The summed E-state index contributed by atoms with van der Waals surface area (Å²) < 4.78 is 38.1. The molecule has 16 heavy (non-hydrogen) atoms. The molecule has 1 aromatic rings. The third-order valence-corrected chi connectivity index (χ3v) is 2.99. The van der Waals surface area contributed by atoms with Crippen molar-refractivity contribution in [1.29, 1.82) is 0 Å². The molecule has 1 atom stereocenters. The number of halogens is 3. The summed E-state index contributed by atoms with van der Waals surface area (Å²) in [7, 11) is 0. The lowest BCUT2D eigenvalue weighted by Gasteiger charge is -2.15. The van der Waals surface area contributed by atoms with Gasteiger partial charge in [-0.15, -0.1) is 0 Å². The molecule has 2 rings (SSSR count). The van der Waals surface area contributed by atoms with Crippen LogP contribution in [0.15, 0.2) is 24.3 Å². The maximum atomic E-state index is 12.7. The van der Waals surface area contributed by atoms with Crippen molar-refractivity contribution in [2.24, 2.45) is 5.92 Å². The lowest BCUT2D eigenvalue weighted by atomic mass is 9.95. The highest BCUT2D eigenvalue weighted by Crippen LogP contribution is 2.33. The Labute approximate surface area is 92.7 Å². The lowest BCUT2D eigenvalue weighted by molar-refractivity contribution is -0.138. The van der Waals surface area contributed by atoms with Crippen LogP contribution >= 0.6 is 0 Å². The molecule has 0 saturated carbocycles. The predicted molar refractivity (Wildman–Crippen MR) is 56.1 cm³/mol. The Morgan fingerprint density at radius 1 is 1.25 bits per heavy atom. The van der Waals surface area contributed by atoms with Gasteiger partial charge in [0.2, 0.25) is 0 Å². The molecular weight excluding hydrogens is 215 g/mol. The van der Waals surface area contributed by atoms with Crippen LogP contribution in [0.2, 0.25) is 0 Å². The first-order valence-corrected chi connectivity index (χ1v) is 5.43. The Morgan fingerprint density at radius 2 is 2.00 bits per heavy atom. The van der Waals surface area contributed by atoms with E-state index in [-0.39, 0.29) is 0 Å². The minimum atomic E-state index is -4.23. The minimum absolute atomic E-state index is 0.337. The Hall–Kier alpha value is -1.03. The van der Waals surface area contributed by atoms with Gasteiger partial charge >= 0.3 is 6.18 Å². The van der Waals surface area contributed by atoms with Crippen LogP contribution < -0.4 is 5.32 Å². The highest BCUT2D eigenvalue weighted by molar-refractivity contribution is 5.30. The van der Waals surface area contributed by atoms with Crippen molar-refractivity contribution in [3.05, 3.63) is 35.4 Å². The molecule has 1 saturated heterocycles. The van der Waals surface area contributed by atoms with E-state index in [9.17, 15) is 13.2 Å². The molecule has 1 heterocycles. The van der Waals surface area contributed by atoms with Gasteiger partial charge < -0.3 is 5.32 Å². The van der Waals surface area contributed by atoms with Gasteiger partial charge in [-0.3, -0.25) is 0 Å². The van der Waals surface area contributed by atoms with Crippen LogP contribution in [-0.4, -0.2) is 13.1 Å². The third kappa shape index (κ3) is 2.55. The van der Waals surface area contributed by atoms with E-state index in [1.807, 2.05) is 0 Å². The van der Waals surface area contributed by atoms with Crippen molar-refractivity contribution in [2.75, 3.05) is 13.1 Å². The highest BCUT2D eigenvalue weighted by atomic mass is 19.4. The van der Waals surface area contributed by atoms with E-state index in [1.54, 1.807) is 12.1 Å². The molecule has 0 aliphatic carbocycles. The van der Waals surface area contributed by atoms with Crippen molar-refractivity contribution in [1.82, 2.24) is 5.32 Å². The van der Waals surface area contributed by atoms with Crippen LogP contribution in [0.25, 0.3) is 0 Å². The van der Waals surface area contributed by atoms with Gasteiger partial charge in [-0.1, -0.05) is 18.2 Å². The fourth-order valence-corrected chi connectivity index (χ4v) is 2.17. The van der Waals surface area contributed by atoms with E-state index in [2.05, 4.69) is 5.32 Å². The summed E-state index contributed by atoms with van der Waals surface area (Å²) in [4.78, 5) is 0. The van der Waals surface area contributed by atoms with Crippen molar-refractivity contribution < 1.29 is 13.2 Å². The number of hydrogen-bond acceptors (Lipinski definition) is 1. The molecule has 0 aromatic heterocycles. The Morgan fingerprint density at radius 3 is 2.62 bits per heavy atom. The number of hydrogen-bond donors (Lipinski definition) is 1. The molecule has 4 heteroatoms. The summed E-state index contributed by atoms with van der Waals surface area (Å²) in [6.07, 6.45) is -2.75. The van der Waals surface area contributed by atoms with E-state index in [0.29, 0.717) is 17.9 Å². The molecule has 1 N–H and O–H groups in total. The van der Waals surface area contributed by atoms with Gasteiger partial charge in [-0.25, -0.2) is 0 Å². The maximum Gasteiger partial charge on any atom is 0.416 e. The Balaban J connectivity index is 2.19. The standard InChI is InChI=1S/C12H14F3N/c13-12(14,15)11-4-2-1-3-10(11)7-9-5-6-16-8-9/h1-4,9,16H,5-8H2. The second-order valence-corrected chi connectivity index (χ2v) is 4.22. The predicted octanol–water partition coefficient (Wildman–Crippen LogP) is 2.86. The van der Waals surface area contributed by atoms with Crippen molar-refractivity contribution >= 4 is 0 Å². The first kappa shape index (κ1) is 11.5. The summed E-state index contributed by atoms with van der Waals surface area (Å²) in [5.74, 6) is 0.337. The van der Waals surface area contributed by atoms with Gasteiger partial charge in [0.1, 0.15) is 0 Å². The number of nitrogens with one attached hydrogen (secondary N) is 1. The second kappa shape index (κ2) is 4.45.